The molecule has 1 saturated carbocycles. The maximum Gasteiger partial charge on any atom is 0.105 e. The molecule has 0 heterocycles. The monoisotopic (exact) mass is 344 g/mol. The summed E-state index contributed by atoms with van der Waals surface area (Å²) in [5.41, 5.74) is 7.67. The summed E-state index contributed by atoms with van der Waals surface area (Å²) in [7, 11) is 0. The van der Waals surface area contributed by atoms with E-state index in [0.717, 1.165) is 21.0 Å². The van der Waals surface area contributed by atoms with Crippen LogP contribution in [0.5, 0.6) is 0 Å². The van der Waals surface area contributed by atoms with Gasteiger partial charge in [-0.15, -0.1) is 0 Å². The molecule has 2 atom stereocenters. The minimum absolute atomic E-state index is 0.427. The zero-order valence-electron chi connectivity index (χ0n) is 10.3. The number of thiocarbonyl (C=S) groups is 1. The second-order valence-electron chi connectivity index (χ2n) is 4.51. The highest BCUT2D eigenvalue weighted by atomic mass is 79.9. The SMILES string of the molecule is CSC1CCCC1Nc1ccc(C(N)=S)c(Br)c1. The fraction of sp³-hybridized carbons (Fsp3) is 0.462. The van der Waals surface area contributed by atoms with Gasteiger partial charge in [-0.25, -0.2) is 0 Å². The molecule has 1 aliphatic rings. The molecule has 1 aromatic carbocycles. The van der Waals surface area contributed by atoms with Crippen molar-refractivity contribution < 1.29 is 0 Å². The lowest BCUT2D eigenvalue weighted by atomic mass is 10.2. The van der Waals surface area contributed by atoms with Crippen LogP contribution in [0.1, 0.15) is 24.8 Å². The molecule has 18 heavy (non-hydrogen) atoms. The van der Waals surface area contributed by atoms with Crippen molar-refractivity contribution in [2.45, 2.75) is 30.6 Å². The topological polar surface area (TPSA) is 38.0 Å². The fourth-order valence-electron chi connectivity index (χ4n) is 2.39. The molecular formula is C13H17BrN2S2. The molecule has 98 valence electrons. The molecule has 0 aliphatic heterocycles. The van der Waals surface area contributed by atoms with Crippen LogP contribution in [0.2, 0.25) is 0 Å². The van der Waals surface area contributed by atoms with E-state index in [4.69, 9.17) is 18.0 Å². The molecule has 3 N–H and O–H groups in total. The average Bonchev–Trinajstić information content (AvgIpc) is 2.76. The van der Waals surface area contributed by atoms with Crippen LogP contribution < -0.4 is 11.1 Å². The maximum atomic E-state index is 5.65. The van der Waals surface area contributed by atoms with Crippen molar-refractivity contribution in [3.8, 4) is 0 Å². The van der Waals surface area contributed by atoms with Crippen molar-refractivity contribution >= 4 is 50.6 Å². The van der Waals surface area contributed by atoms with Crippen LogP contribution in [0.3, 0.4) is 0 Å². The molecule has 0 spiro atoms. The van der Waals surface area contributed by atoms with Gasteiger partial charge in [0.25, 0.3) is 0 Å². The number of hydrogen-bond acceptors (Lipinski definition) is 3. The maximum absolute atomic E-state index is 5.65. The van der Waals surface area contributed by atoms with Gasteiger partial charge in [0, 0.05) is 27.0 Å². The lowest BCUT2D eigenvalue weighted by Gasteiger charge is -2.20. The van der Waals surface area contributed by atoms with Crippen LogP contribution in [0.25, 0.3) is 0 Å². The quantitative estimate of drug-likeness (QED) is 0.815. The first kappa shape index (κ1) is 14.2. The average molecular weight is 345 g/mol. The van der Waals surface area contributed by atoms with Gasteiger partial charge >= 0.3 is 0 Å². The summed E-state index contributed by atoms with van der Waals surface area (Å²) in [5.74, 6) is 0. The number of thioether (sulfide) groups is 1. The molecule has 2 rings (SSSR count). The summed E-state index contributed by atoms with van der Waals surface area (Å²) in [6.45, 7) is 0. The van der Waals surface area contributed by atoms with E-state index in [1.165, 1.54) is 19.3 Å². The van der Waals surface area contributed by atoms with Crippen molar-refractivity contribution in [1.82, 2.24) is 0 Å². The van der Waals surface area contributed by atoms with Gasteiger partial charge in [-0.3, -0.25) is 0 Å². The number of halogens is 1. The molecule has 2 nitrogen and oxygen atoms in total. The third-order valence-electron chi connectivity index (χ3n) is 3.34. The van der Waals surface area contributed by atoms with Gasteiger partial charge in [0.1, 0.15) is 4.99 Å². The molecule has 1 fully saturated rings. The van der Waals surface area contributed by atoms with Gasteiger partial charge in [-0.2, -0.15) is 11.8 Å². The minimum Gasteiger partial charge on any atom is -0.389 e. The normalized spacial score (nSPS) is 23.0. The van der Waals surface area contributed by atoms with E-state index in [2.05, 4.69) is 39.6 Å². The molecular weight excluding hydrogens is 328 g/mol. The Morgan fingerprint density at radius 2 is 2.28 bits per heavy atom. The molecule has 1 aromatic rings. The van der Waals surface area contributed by atoms with Crippen LogP contribution in [0, 0.1) is 0 Å². The van der Waals surface area contributed by atoms with E-state index >= 15 is 0 Å². The van der Waals surface area contributed by atoms with E-state index < -0.39 is 0 Å². The third-order valence-corrected chi connectivity index (χ3v) is 5.39. The second-order valence-corrected chi connectivity index (χ2v) is 6.89. The Morgan fingerprint density at radius 3 is 2.89 bits per heavy atom. The van der Waals surface area contributed by atoms with Crippen molar-refractivity contribution in [2.75, 3.05) is 11.6 Å². The molecule has 0 radical (unpaired) electrons. The van der Waals surface area contributed by atoms with Gasteiger partial charge in [-0.05, 0) is 53.2 Å². The van der Waals surface area contributed by atoms with Crippen LogP contribution >= 0.6 is 39.9 Å². The van der Waals surface area contributed by atoms with E-state index in [-0.39, 0.29) is 0 Å². The molecule has 0 aromatic heterocycles. The summed E-state index contributed by atoms with van der Waals surface area (Å²) >= 11 is 10.5. The van der Waals surface area contributed by atoms with Crippen LogP contribution in [-0.2, 0) is 0 Å². The number of hydrogen-bond donors (Lipinski definition) is 2. The number of anilines is 1. The summed E-state index contributed by atoms with van der Waals surface area (Å²) in [6, 6.07) is 6.65. The van der Waals surface area contributed by atoms with Gasteiger partial charge < -0.3 is 11.1 Å². The Balaban J connectivity index is 2.10. The first-order valence-electron chi connectivity index (χ1n) is 6.00. The zero-order valence-corrected chi connectivity index (χ0v) is 13.5. The van der Waals surface area contributed by atoms with Gasteiger partial charge in [0.15, 0.2) is 0 Å². The Hall–Kier alpha value is -0.260. The number of nitrogens with one attached hydrogen (secondary N) is 1. The highest BCUT2D eigenvalue weighted by molar-refractivity contribution is 9.10. The van der Waals surface area contributed by atoms with Crippen LogP contribution in [-0.4, -0.2) is 22.5 Å². The largest absolute Gasteiger partial charge is 0.389 e. The fourth-order valence-corrected chi connectivity index (χ4v) is 4.23. The van der Waals surface area contributed by atoms with E-state index in [9.17, 15) is 0 Å². The number of nitrogens with two attached hydrogens (primary N) is 1. The summed E-state index contributed by atoms with van der Waals surface area (Å²) in [6.07, 6.45) is 6.07. The predicted octanol–water partition coefficient (Wildman–Crippen LogP) is 3.78. The van der Waals surface area contributed by atoms with E-state index in [1.54, 1.807) is 0 Å². The number of benzene rings is 1. The van der Waals surface area contributed by atoms with Gasteiger partial charge in [0.2, 0.25) is 0 Å². The molecule has 0 amide bonds. The molecule has 5 heteroatoms. The number of rotatable bonds is 4. The van der Waals surface area contributed by atoms with Gasteiger partial charge in [-0.1, -0.05) is 18.6 Å². The van der Waals surface area contributed by atoms with Crippen molar-refractivity contribution in [3.05, 3.63) is 28.2 Å². The lowest BCUT2D eigenvalue weighted by molar-refractivity contribution is 0.768. The van der Waals surface area contributed by atoms with Gasteiger partial charge in [0.05, 0.1) is 0 Å². The van der Waals surface area contributed by atoms with Crippen molar-refractivity contribution in [2.24, 2.45) is 5.73 Å². The lowest BCUT2D eigenvalue weighted by Crippen LogP contribution is -2.25. The first-order chi connectivity index (χ1) is 8.61. The van der Waals surface area contributed by atoms with Crippen LogP contribution in [0.4, 0.5) is 5.69 Å². The van der Waals surface area contributed by atoms with Crippen molar-refractivity contribution in [1.29, 1.82) is 0 Å². The predicted molar refractivity (Wildman–Crippen MR) is 88.6 cm³/mol. The Kier molecular flexibility index (Phi) is 4.92. The summed E-state index contributed by atoms with van der Waals surface area (Å²) in [5, 5.41) is 4.34. The Labute approximate surface area is 126 Å². The van der Waals surface area contributed by atoms with Crippen molar-refractivity contribution in [3.63, 3.8) is 0 Å². The molecule has 0 saturated heterocycles. The summed E-state index contributed by atoms with van der Waals surface area (Å²) < 4.78 is 0.957. The first-order valence-corrected chi connectivity index (χ1v) is 8.49. The highest BCUT2D eigenvalue weighted by Crippen LogP contribution is 2.31. The molecule has 0 bridgehead atoms. The standard InChI is InChI=1S/C13H17BrN2S2/c1-18-12-4-2-3-11(12)16-8-5-6-9(13(15)17)10(14)7-8/h5-7,11-12,16H,2-4H2,1H3,(H2,15,17). The Bertz CT molecular complexity index is 451. The minimum atomic E-state index is 0.427. The second kappa shape index (κ2) is 6.26. The van der Waals surface area contributed by atoms with E-state index in [0.29, 0.717) is 11.0 Å². The Morgan fingerprint density at radius 1 is 1.50 bits per heavy atom. The smallest absolute Gasteiger partial charge is 0.105 e. The summed E-state index contributed by atoms with van der Waals surface area (Å²) in [4.78, 5) is 0.427. The molecule has 2 unspecified atom stereocenters. The highest BCUT2D eigenvalue weighted by Gasteiger charge is 2.26. The van der Waals surface area contributed by atoms with E-state index in [1.807, 2.05) is 17.8 Å². The molecule has 1 aliphatic carbocycles. The zero-order chi connectivity index (χ0) is 13.1. The van der Waals surface area contributed by atoms with Crippen LogP contribution in [0.15, 0.2) is 22.7 Å². The third kappa shape index (κ3) is 3.19.